The number of benzene rings is 2. The highest BCUT2D eigenvalue weighted by molar-refractivity contribution is 6.00. The number of carbonyl (C=O) groups is 3. The molecule has 2 aromatic rings. The molecule has 0 aliphatic carbocycles. The number of nitrogens with zero attached hydrogens (tertiary/aromatic N) is 1. The average molecular weight is 356 g/mol. The summed E-state index contributed by atoms with van der Waals surface area (Å²) in [6, 6.07) is 12.7. The van der Waals surface area contributed by atoms with Crippen LogP contribution >= 0.6 is 0 Å². The highest BCUT2D eigenvalue weighted by Gasteiger charge is 2.16. The van der Waals surface area contributed by atoms with Crippen LogP contribution in [-0.4, -0.2) is 30.7 Å². The summed E-state index contributed by atoms with van der Waals surface area (Å²) in [5.74, 6) is -1.02. The Bertz CT molecular complexity index is 803. The number of carbonyl (C=O) groups excluding carboxylic acids is 3. The first kappa shape index (κ1) is 19.3. The number of halogens is 1. The second-order valence-electron chi connectivity index (χ2n) is 5.94. The number of amides is 2. The maximum atomic E-state index is 12.9. The van der Waals surface area contributed by atoms with Gasteiger partial charge in [0.15, 0.2) is 5.78 Å². The predicted molar refractivity (Wildman–Crippen MR) is 97.6 cm³/mol. The summed E-state index contributed by atoms with van der Waals surface area (Å²) in [6.45, 7) is 3.05. The van der Waals surface area contributed by atoms with Gasteiger partial charge in [-0.05, 0) is 43.2 Å². The Labute approximate surface area is 151 Å². The number of hydrogen-bond donors (Lipinski definition) is 1. The van der Waals surface area contributed by atoms with Crippen LogP contribution in [0.15, 0.2) is 48.5 Å². The van der Waals surface area contributed by atoms with E-state index < -0.39 is 0 Å². The van der Waals surface area contributed by atoms with Crippen molar-refractivity contribution in [1.82, 2.24) is 5.32 Å². The van der Waals surface area contributed by atoms with E-state index in [4.69, 9.17) is 0 Å². The first-order valence-electron chi connectivity index (χ1n) is 8.27. The largest absolute Gasteiger partial charge is 0.354 e. The van der Waals surface area contributed by atoms with Gasteiger partial charge in [-0.2, -0.15) is 0 Å². The summed E-state index contributed by atoms with van der Waals surface area (Å²) in [5, 5.41) is 2.74. The Morgan fingerprint density at radius 1 is 1.04 bits per heavy atom. The van der Waals surface area contributed by atoms with Gasteiger partial charge in [-0.1, -0.05) is 24.3 Å². The van der Waals surface area contributed by atoms with Crippen LogP contribution in [0.3, 0.4) is 0 Å². The summed E-state index contributed by atoms with van der Waals surface area (Å²) in [6.07, 6.45) is 0.561. The molecule has 0 saturated carbocycles. The minimum Gasteiger partial charge on any atom is -0.354 e. The van der Waals surface area contributed by atoms with Crippen LogP contribution in [0.1, 0.15) is 29.8 Å². The number of hydrogen-bond acceptors (Lipinski definition) is 3. The van der Waals surface area contributed by atoms with E-state index in [1.165, 1.54) is 30.9 Å². The normalized spacial score (nSPS) is 10.3. The molecule has 0 spiro atoms. The van der Waals surface area contributed by atoms with E-state index in [0.29, 0.717) is 24.2 Å². The van der Waals surface area contributed by atoms with Crippen molar-refractivity contribution in [3.8, 4) is 0 Å². The van der Waals surface area contributed by atoms with Crippen molar-refractivity contribution in [3.05, 3.63) is 65.5 Å². The van der Waals surface area contributed by atoms with Crippen LogP contribution in [0.5, 0.6) is 0 Å². The first-order chi connectivity index (χ1) is 12.4. The van der Waals surface area contributed by atoms with Gasteiger partial charge in [0.05, 0.1) is 0 Å². The van der Waals surface area contributed by atoms with E-state index in [2.05, 4.69) is 5.32 Å². The molecule has 0 atom stereocenters. The van der Waals surface area contributed by atoms with Crippen molar-refractivity contribution in [1.29, 1.82) is 0 Å². The van der Waals surface area contributed by atoms with Gasteiger partial charge in [0.1, 0.15) is 12.4 Å². The Balaban J connectivity index is 1.95. The van der Waals surface area contributed by atoms with Crippen molar-refractivity contribution in [2.24, 2.45) is 0 Å². The molecule has 0 aromatic heterocycles. The number of rotatable bonds is 7. The third kappa shape index (κ3) is 5.51. The molecule has 2 amide bonds. The molecular weight excluding hydrogens is 335 g/mol. The molecule has 0 saturated heterocycles. The lowest BCUT2D eigenvalue weighted by atomic mass is 10.1. The monoisotopic (exact) mass is 356 g/mol. The molecule has 5 nitrogen and oxygen atoms in total. The second kappa shape index (κ2) is 8.89. The lowest BCUT2D eigenvalue weighted by molar-refractivity contribution is -0.123. The molecule has 136 valence electrons. The maximum absolute atomic E-state index is 12.9. The number of anilines is 1. The van der Waals surface area contributed by atoms with E-state index >= 15 is 0 Å². The minimum atomic E-state index is -0.310. The molecule has 0 aliphatic rings. The molecule has 2 rings (SSSR count). The van der Waals surface area contributed by atoms with Gasteiger partial charge in [-0.3, -0.25) is 14.4 Å². The van der Waals surface area contributed by atoms with Crippen LogP contribution in [0, 0.1) is 5.82 Å². The lowest BCUT2D eigenvalue weighted by Gasteiger charge is -2.21. The summed E-state index contributed by atoms with van der Waals surface area (Å²) in [4.78, 5) is 36.9. The third-order valence-electron chi connectivity index (χ3n) is 3.90. The fourth-order valence-corrected chi connectivity index (χ4v) is 2.47. The molecule has 0 unspecified atom stereocenters. The zero-order valence-electron chi connectivity index (χ0n) is 14.8. The molecule has 0 bridgehead atoms. The zero-order valence-corrected chi connectivity index (χ0v) is 14.8. The Kier molecular flexibility index (Phi) is 6.60. The van der Waals surface area contributed by atoms with Crippen LogP contribution < -0.4 is 10.2 Å². The predicted octanol–water partition coefficient (Wildman–Crippen LogP) is 2.74. The number of ketones is 1. The van der Waals surface area contributed by atoms with Gasteiger partial charge in [0, 0.05) is 24.7 Å². The van der Waals surface area contributed by atoms with Crippen molar-refractivity contribution >= 4 is 23.3 Å². The summed E-state index contributed by atoms with van der Waals surface area (Å²) in [7, 11) is 0. The minimum absolute atomic E-state index is 0.112. The fraction of sp³-hybridized carbons (Fsp3) is 0.250. The Morgan fingerprint density at radius 2 is 1.73 bits per heavy atom. The summed E-state index contributed by atoms with van der Waals surface area (Å²) in [5.41, 5.74) is 1.88. The highest BCUT2D eigenvalue weighted by atomic mass is 19.1. The molecule has 6 heteroatoms. The zero-order chi connectivity index (χ0) is 19.1. The first-order valence-corrected chi connectivity index (χ1v) is 8.27. The van der Waals surface area contributed by atoms with Crippen molar-refractivity contribution in [2.75, 3.05) is 18.0 Å². The number of nitrogens with one attached hydrogen (secondary N) is 1. The molecule has 0 fully saturated rings. The van der Waals surface area contributed by atoms with Gasteiger partial charge < -0.3 is 10.2 Å². The Morgan fingerprint density at radius 3 is 2.35 bits per heavy atom. The average Bonchev–Trinajstić information content (AvgIpc) is 2.61. The molecule has 0 aliphatic heterocycles. The summed E-state index contributed by atoms with van der Waals surface area (Å²) >= 11 is 0. The molecule has 2 aromatic carbocycles. The van der Waals surface area contributed by atoms with Crippen molar-refractivity contribution in [2.45, 2.75) is 20.3 Å². The van der Waals surface area contributed by atoms with Gasteiger partial charge in [0.25, 0.3) is 0 Å². The SMILES string of the molecule is CC(=O)c1cccc(N(CC(=O)NCCc2ccc(F)cc2)C(C)=O)c1. The van der Waals surface area contributed by atoms with Gasteiger partial charge in [-0.25, -0.2) is 4.39 Å². The van der Waals surface area contributed by atoms with Crippen LogP contribution in [-0.2, 0) is 16.0 Å². The van der Waals surface area contributed by atoms with E-state index in [0.717, 1.165) is 5.56 Å². The lowest BCUT2D eigenvalue weighted by Crippen LogP contribution is -2.40. The maximum Gasteiger partial charge on any atom is 0.240 e. The van der Waals surface area contributed by atoms with Crippen LogP contribution in [0.25, 0.3) is 0 Å². The standard InChI is InChI=1S/C20H21FN2O3/c1-14(24)17-4-3-5-19(12-17)23(15(2)25)13-20(26)22-11-10-16-6-8-18(21)9-7-16/h3-9,12H,10-11,13H2,1-2H3,(H,22,26). The van der Waals surface area contributed by atoms with E-state index in [1.54, 1.807) is 36.4 Å². The molecular formula is C20H21FN2O3. The summed E-state index contributed by atoms with van der Waals surface area (Å²) < 4.78 is 12.9. The molecule has 1 N–H and O–H groups in total. The van der Waals surface area contributed by atoms with Gasteiger partial charge in [0.2, 0.25) is 11.8 Å². The number of Topliss-reactive ketones (excluding diaryl/α,β-unsaturated/α-hetero) is 1. The fourth-order valence-electron chi connectivity index (χ4n) is 2.47. The van der Waals surface area contributed by atoms with E-state index in [-0.39, 0.29) is 30.0 Å². The van der Waals surface area contributed by atoms with Crippen LogP contribution in [0.4, 0.5) is 10.1 Å². The second-order valence-corrected chi connectivity index (χ2v) is 5.94. The van der Waals surface area contributed by atoms with Gasteiger partial charge >= 0.3 is 0 Å². The quantitative estimate of drug-likeness (QED) is 0.776. The Hall–Kier alpha value is -3.02. The molecule has 26 heavy (non-hydrogen) atoms. The molecule has 0 radical (unpaired) electrons. The van der Waals surface area contributed by atoms with E-state index in [1.807, 2.05) is 0 Å². The van der Waals surface area contributed by atoms with Crippen molar-refractivity contribution < 1.29 is 18.8 Å². The molecule has 0 heterocycles. The van der Waals surface area contributed by atoms with Gasteiger partial charge in [-0.15, -0.1) is 0 Å². The topological polar surface area (TPSA) is 66.5 Å². The smallest absolute Gasteiger partial charge is 0.240 e. The van der Waals surface area contributed by atoms with Crippen LogP contribution in [0.2, 0.25) is 0 Å². The highest BCUT2D eigenvalue weighted by Crippen LogP contribution is 2.17. The van der Waals surface area contributed by atoms with Crippen molar-refractivity contribution in [3.63, 3.8) is 0 Å². The third-order valence-corrected chi connectivity index (χ3v) is 3.90. The van der Waals surface area contributed by atoms with E-state index in [9.17, 15) is 18.8 Å².